The van der Waals surface area contributed by atoms with Gasteiger partial charge in [-0.1, -0.05) is 0 Å². The van der Waals surface area contributed by atoms with Gasteiger partial charge in [-0.3, -0.25) is 14.9 Å². The minimum atomic E-state index is -1.68. The Morgan fingerprint density at radius 3 is 2.67 bits per heavy atom. The first-order chi connectivity index (χ1) is 9.61. The van der Waals surface area contributed by atoms with Crippen molar-refractivity contribution in [1.82, 2.24) is 4.90 Å². The van der Waals surface area contributed by atoms with Crippen molar-refractivity contribution in [2.75, 3.05) is 6.54 Å². The van der Waals surface area contributed by atoms with Gasteiger partial charge in [-0.15, -0.1) is 0 Å². The van der Waals surface area contributed by atoms with E-state index in [2.05, 4.69) is 0 Å². The van der Waals surface area contributed by atoms with Crippen LogP contribution < -0.4 is 0 Å². The average Bonchev–Trinajstić information content (AvgIpc) is 2.64. The molecule has 0 spiro atoms. The van der Waals surface area contributed by atoms with Gasteiger partial charge in [-0.05, 0) is 25.5 Å². The van der Waals surface area contributed by atoms with E-state index in [4.69, 9.17) is 0 Å². The van der Waals surface area contributed by atoms with Crippen LogP contribution in [0.2, 0.25) is 0 Å². The van der Waals surface area contributed by atoms with E-state index in [9.17, 15) is 28.8 Å². The smallest absolute Gasteiger partial charge is 0.305 e. The van der Waals surface area contributed by atoms with Gasteiger partial charge in [0.05, 0.1) is 17.1 Å². The zero-order valence-electron chi connectivity index (χ0n) is 11.5. The first kappa shape index (κ1) is 15.3. The number of rotatable bonds is 4. The van der Waals surface area contributed by atoms with E-state index in [1.54, 1.807) is 0 Å². The van der Waals surface area contributed by atoms with Crippen LogP contribution in [0.1, 0.15) is 29.8 Å². The summed E-state index contributed by atoms with van der Waals surface area (Å²) >= 11 is 0. The SMILES string of the molecule is CC(C)(O)[C@@H](F)CN1Cc2cc([N+](=O)[O-])c(F)cc2C1=O. The van der Waals surface area contributed by atoms with Crippen LogP contribution >= 0.6 is 0 Å². The highest BCUT2D eigenvalue weighted by molar-refractivity contribution is 5.98. The first-order valence-corrected chi connectivity index (χ1v) is 6.23. The number of fused-ring (bicyclic) bond motifs is 1. The Morgan fingerprint density at radius 1 is 1.52 bits per heavy atom. The zero-order chi connectivity index (χ0) is 15.9. The predicted molar refractivity (Wildman–Crippen MR) is 69.0 cm³/mol. The summed E-state index contributed by atoms with van der Waals surface area (Å²) in [6.07, 6.45) is -1.68. The topological polar surface area (TPSA) is 83.7 Å². The second kappa shape index (κ2) is 5.03. The van der Waals surface area contributed by atoms with E-state index in [0.29, 0.717) is 0 Å². The Hall–Kier alpha value is -2.09. The minimum absolute atomic E-state index is 0.0129. The van der Waals surface area contributed by atoms with Crippen molar-refractivity contribution in [3.05, 3.63) is 39.2 Å². The molecule has 0 aliphatic carbocycles. The number of halogens is 2. The molecule has 1 aliphatic heterocycles. The molecule has 1 aliphatic rings. The minimum Gasteiger partial charge on any atom is -0.387 e. The molecule has 0 radical (unpaired) electrons. The molecule has 1 aromatic rings. The fourth-order valence-electron chi connectivity index (χ4n) is 2.09. The standard InChI is InChI=1S/C13H14F2N2O4/c1-13(2,19)11(15)6-16-5-7-3-10(17(20)21)9(14)4-8(7)12(16)18/h3-4,11,19H,5-6H2,1-2H3/t11-/m0/s1. The van der Waals surface area contributed by atoms with E-state index >= 15 is 0 Å². The summed E-state index contributed by atoms with van der Waals surface area (Å²) in [4.78, 5) is 22.9. The fraction of sp³-hybridized carbons (Fsp3) is 0.462. The highest BCUT2D eigenvalue weighted by atomic mass is 19.1. The number of nitro benzene ring substituents is 1. The van der Waals surface area contributed by atoms with Crippen LogP contribution in [0, 0.1) is 15.9 Å². The van der Waals surface area contributed by atoms with Crippen LogP contribution in [-0.4, -0.2) is 39.2 Å². The van der Waals surface area contributed by atoms with Gasteiger partial charge in [0, 0.05) is 18.2 Å². The van der Waals surface area contributed by atoms with E-state index in [0.717, 1.165) is 17.0 Å². The quantitative estimate of drug-likeness (QED) is 0.679. The Balaban J connectivity index is 2.26. The maximum Gasteiger partial charge on any atom is 0.305 e. The summed E-state index contributed by atoms with van der Waals surface area (Å²) in [5.41, 5.74) is -2.08. The summed E-state index contributed by atoms with van der Waals surface area (Å²) in [6.45, 7) is 2.13. The molecular formula is C13H14F2N2O4. The molecule has 2 rings (SSSR count). The Labute approximate surface area is 119 Å². The maximum atomic E-state index is 13.8. The molecule has 21 heavy (non-hydrogen) atoms. The van der Waals surface area contributed by atoms with Crippen LogP contribution in [0.3, 0.4) is 0 Å². The maximum absolute atomic E-state index is 13.8. The van der Waals surface area contributed by atoms with Gasteiger partial charge in [0.1, 0.15) is 6.17 Å². The number of amides is 1. The Kier molecular flexibility index (Phi) is 3.66. The summed E-state index contributed by atoms with van der Waals surface area (Å²) < 4.78 is 27.3. The largest absolute Gasteiger partial charge is 0.387 e. The molecule has 0 bridgehead atoms. The fourth-order valence-corrected chi connectivity index (χ4v) is 2.09. The number of carbonyl (C=O) groups is 1. The highest BCUT2D eigenvalue weighted by Crippen LogP contribution is 2.30. The molecular weight excluding hydrogens is 286 g/mol. The number of hydrogen-bond acceptors (Lipinski definition) is 4. The van der Waals surface area contributed by atoms with Crippen LogP contribution in [0.5, 0.6) is 0 Å². The molecule has 114 valence electrons. The normalized spacial score (nSPS) is 16.0. The van der Waals surface area contributed by atoms with Gasteiger partial charge in [0.15, 0.2) is 0 Å². The van der Waals surface area contributed by atoms with E-state index in [1.807, 2.05) is 0 Å². The third-order valence-electron chi connectivity index (χ3n) is 3.40. The highest BCUT2D eigenvalue weighted by Gasteiger charge is 2.36. The molecule has 1 N–H and O–H groups in total. The molecule has 0 aromatic heterocycles. The average molecular weight is 300 g/mol. The van der Waals surface area contributed by atoms with Crippen molar-refractivity contribution >= 4 is 11.6 Å². The molecule has 0 saturated heterocycles. The van der Waals surface area contributed by atoms with Crippen molar-refractivity contribution in [3.8, 4) is 0 Å². The summed E-state index contributed by atoms with van der Waals surface area (Å²) in [5, 5.41) is 20.2. The van der Waals surface area contributed by atoms with Crippen molar-refractivity contribution in [2.45, 2.75) is 32.2 Å². The van der Waals surface area contributed by atoms with Gasteiger partial charge in [-0.2, -0.15) is 4.39 Å². The lowest BCUT2D eigenvalue weighted by atomic mass is 10.0. The molecule has 1 amide bonds. The van der Waals surface area contributed by atoms with Crippen molar-refractivity contribution in [2.24, 2.45) is 0 Å². The summed E-state index contributed by atoms with van der Waals surface area (Å²) in [5.74, 6) is -1.71. The molecule has 1 heterocycles. The Bertz CT molecular complexity index is 613. The summed E-state index contributed by atoms with van der Waals surface area (Å²) in [7, 11) is 0. The predicted octanol–water partition coefficient (Wildman–Crippen LogP) is 1.80. The van der Waals surface area contributed by atoms with Gasteiger partial charge >= 0.3 is 5.69 Å². The first-order valence-electron chi connectivity index (χ1n) is 6.23. The third-order valence-corrected chi connectivity index (χ3v) is 3.40. The van der Waals surface area contributed by atoms with Crippen molar-refractivity contribution < 1.29 is 23.6 Å². The third kappa shape index (κ3) is 2.85. The van der Waals surface area contributed by atoms with Gasteiger partial charge in [0.25, 0.3) is 5.91 Å². The second-order valence-electron chi connectivity index (χ2n) is 5.52. The number of benzene rings is 1. The van der Waals surface area contributed by atoms with Crippen LogP contribution in [-0.2, 0) is 6.54 Å². The second-order valence-corrected chi connectivity index (χ2v) is 5.52. The van der Waals surface area contributed by atoms with Crippen molar-refractivity contribution in [3.63, 3.8) is 0 Å². The molecule has 0 fully saturated rings. The van der Waals surface area contributed by atoms with Gasteiger partial charge in [-0.25, -0.2) is 4.39 Å². The van der Waals surface area contributed by atoms with Crippen molar-refractivity contribution in [1.29, 1.82) is 0 Å². The lowest BCUT2D eigenvalue weighted by molar-refractivity contribution is -0.387. The van der Waals surface area contributed by atoms with Gasteiger partial charge in [0.2, 0.25) is 5.82 Å². The Morgan fingerprint density at radius 2 is 2.14 bits per heavy atom. The molecule has 0 saturated carbocycles. The number of aliphatic hydroxyl groups is 1. The summed E-state index contributed by atoms with van der Waals surface area (Å²) in [6, 6.07) is 1.78. The van der Waals surface area contributed by atoms with E-state index in [-0.39, 0.29) is 24.2 Å². The molecule has 6 nitrogen and oxygen atoms in total. The molecule has 1 atom stereocenters. The molecule has 8 heteroatoms. The van der Waals surface area contributed by atoms with Crippen LogP contribution in [0.25, 0.3) is 0 Å². The lowest BCUT2D eigenvalue weighted by Crippen LogP contribution is -2.42. The van der Waals surface area contributed by atoms with Crippen LogP contribution in [0.4, 0.5) is 14.5 Å². The van der Waals surface area contributed by atoms with Gasteiger partial charge < -0.3 is 10.0 Å². The number of nitro groups is 1. The number of alkyl halides is 1. The lowest BCUT2D eigenvalue weighted by Gasteiger charge is -2.26. The number of nitrogens with zero attached hydrogens (tertiary/aromatic N) is 2. The van der Waals surface area contributed by atoms with E-state index < -0.39 is 34.1 Å². The van der Waals surface area contributed by atoms with E-state index in [1.165, 1.54) is 13.8 Å². The number of carbonyl (C=O) groups excluding carboxylic acids is 1. The molecule has 0 unspecified atom stereocenters. The van der Waals surface area contributed by atoms with Crippen LogP contribution in [0.15, 0.2) is 12.1 Å². The molecule has 1 aromatic carbocycles. The zero-order valence-corrected chi connectivity index (χ0v) is 11.5. The monoisotopic (exact) mass is 300 g/mol. The number of hydrogen-bond donors (Lipinski definition) is 1.